The van der Waals surface area contributed by atoms with Crippen molar-refractivity contribution in [3.8, 4) is 16.2 Å². The summed E-state index contributed by atoms with van der Waals surface area (Å²) in [5.41, 5.74) is 0.873. The van der Waals surface area contributed by atoms with Crippen molar-refractivity contribution in [3.05, 3.63) is 40.2 Å². The Balaban J connectivity index is 2.51. The van der Waals surface area contributed by atoms with Gasteiger partial charge in [-0.3, -0.25) is 0 Å². The zero-order chi connectivity index (χ0) is 13.1. The van der Waals surface area contributed by atoms with E-state index in [2.05, 4.69) is 0 Å². The fraction of sp³-hybridized carbons (Fsp3) is 0.154. The predicted molar refractivity (Wildman–Crippen MR) is 72.7 cm³/mol. The van der Waals surface area contributed by atoms with Crippen LogP contribution in [0.15, 0.2) is 30.3 Å². The molecule has 0 amide bonds. The van der Waals surface area contributed by atoms with Gasteiger partial charge in [0.15, 0.2) is 4.88 Å². The molecule has 0 saturated heterocycles. The lowest BCUT2D eigenvalue weighted by Gasteiger charge is -1.99. The zero-order valence-electron chi connectivity index (χ0n) is 9.90. The first-order valence-corrected chi connectivity index (χ1v) is 6.38. The second kappa shape index (κ2) is 5.42. The minimum Gasteiger partial charge on any atom is -0.495 e. The molecule has 2 rings (SSSR count). The molecular formula is C13H11ClO3S. The Bertz CT molecular complexity index is 577. The van der Waals surface area contributed by atoms with Gasteiger partial charge in [0, 0.05) is 15.5 Å². The molecular weight excluding hydrogens is 272 g/mol. The van der Waals surface area contributed by atoms with Crippen LogP contribution in [0.4, 0.5) is 0 Å². The number of halogens is 1. The molecule has 0 saturated carbocycles. The van der Waals surface area contributed by atoms with Gasteiger partial charge in [-0.05, 0) is 12.1 Å². The molecule has 5 heteroatoms. The van der Waals surface area contributed by atoms with Gasteiger partial charge in [0.2, 0.25) is 0 Å². The number of carbonyl (C=O) groups excluding carboxylic acids is 1. The van der Waals surface area contributed by atoms with Crippen molar-refractivity contribution in [1.82, 2.24) is 0 Å². The quantitative estimate of drug-likeness (QED) is 0.802. The molecule has 18 heavy (non-hydrogen) atoms. The summed E-state index contributed by atoms with van der Waals surface area (Å²) in [7, 11) is 2.86. The summed E-state index contributed by atoms with van der Waals surface area (Å²) < 4.78 is 9.89. The maximum atomic E-state index is 11.6. The highest BCUT2D eigenvalue weighted by Crippen LogP contribution is 2.39. The smallest absolute Gasteiger partial charge is 0.351 e. The van der Waals surface area contributed by atoms with Gasteiger partial charge in [0.05, 0.1) is 14.2 Å². The molecule has 0 atom stereocenters. The van der Waals surface area contributed by atoms with E-state index >= 15 is 0 Å². The molecule has 1 heterocycles. The van der Waals surface area contributed by atoms with Crippen molar-refractivity contribution >= 4 is 28.9 Å². The largest absolute Gasteiger partial charge is 0.495 e. The van der Waals surface area contributed by atoms with Gasteiger partial charge in [-0.25, -0.2) is 4.79 Å². The van der Waals surface area contributed by atoms with Crippen LogP contribution in [0.5, 0.6) is 5.75 Å². The van der Waals surface area contributed by atoms with Crippen LogP contribution in [0.1, 0.15) is 9.67 Å². The van der Waals surface area contributed by atoms with Crippen LogP contribution in [0.3, 0.4) is 0 Å². The molecule has 0 N–H and O–H groups in total. The van der Waals surface area contributed by atoms with E-state index in [0.29, 0.717) is 15.6 Å². The standard InChI is InChI=1S/C13H11ClO3S/c1-16-10-7-11(18-12(10)13(15)17-2)8-5-3-4-6-9(8)14/h3-7H,1-2H3. The first-order valence-electron chi connectivity index (χ1n) is 5.18. The minimum atomic E-state index is -0.407. The Kier molecular flexibility index (Phi) is 3.89. The Morgan fingerprint density at radius 1 is 1.28 bits per heavy atom. The van der Waals surface area contributed by atoms with Crippen LogP contribution >= 0.6 is 22.9 Å². The topological polar surface area (TPSA) is 35.5 Å². The summed E-state index contributed by atoms with van der Waals surface area (Å²) in [6.07, 6.45) is 0. The number of methoxy groups -OCH3 is 2. The lowest BCUT2D eigenvalue weighted by molar-refractivity contribution is 0.0603. The third-order valence-corrected chi connectivity index (χ3v) is 3.89. The molecule has 0 spiro atoms. The van der Waals surface area contributed by atoms with E-state index in [1.54, 1.807) is 12.1 Å². The van der Waals surface area contributed by atoms with Crippen LogP contribution in [0, 0.1) is 0 Å². The van der Waals surface area contributed by atoms with Crippen LogP contribution < -0.4 is 4.74 Å². The molecule has 0 aliphatic carbocycles. The lowest BCUT2D eigenvalue weighted by atomic mass is 10.2. The number of rotatable bonds is 3. The molecule has 1 aromatic heterocycles. The van der Waals surface area contributed by atoms with Crippen molar-refractivity contribution in [1.29, 1.82) is 0 Å². The molecule has 0 bridgehead atoms. The highest BCUT2D eigenvalue weighted by molar-refractivity contribution is 7.17. The third kappa shape index (κ3) is 2.35. The number of benzene rings is 1. The molecule has 0 radical (unpaired) electrons. The second-order valence-electron chi connectivity index (χ2n) is 3.48. The number of hydrogen-bond donors (Lipinski definition) is 0. The average molecular weight is 283 g/mol. The lowest BCUT2D eigenvalue weighted by Crippen LogP contribution is -1.99. The maximum Gasteiger partial charge on any atom is 0.351 e. The number of hydrogen-bond acceptors (Lipinski definition) is 4. The van der Waals surface area contributed by atoms with Crippen LogP contribution in [0.2, 0.25) is 5.02 Å². The van der Waals surface area contributed by atoms with Crippen LogP contribution in [-0.2, 0) is 4.74 Å². The van der Waals surface area contributed by atoms with Crippen LogP contribution in [0.25, 0.3) is 10.4 Å². The molecule has 1 aromatic carbocycles. The molecule has 2 aromatic rings. The Labute approximate surface area is 114 Å². The van der Waals surface area contributed by atoms with E-state index in [-0.39, 0.29) is 0 Å². The second-order valence-corrected chi connectivity index (χ2v) is 4.94. The highest BCUT2D eigenvalue weighted by Gasteiger charge is 2.19. The van der Waals surface area contributed by atoms with Crippen LogP contribution in [-0.4, -0.2) is 20.2 Å². The molecule has 0 aliphatic heterocycles. The van der Waals surface area contributed by atoms with Crippen molar-refractivity contribution < 1.29 is 14.3 Å². The van der Waals surface area contributed by atoms with Gasteiger partial charge in [-0.1, -0.05) is 29.8 Å². The van der Waals surface area contributed by atoms with E-state index in [1.165, 1.54) is 25.6 Å². The summed E-state index contributed by atoms with van der Waals surface area (Å²) >= 11 is 7.43. The minimum absolute atomic E-state index is 0.407. The summed E-state index contributed by atoms with van der Waals surface area (Å²) in [6, 6.07) is 9.25. The first kappa shape index (κ1) is 12.9. The van der Waals surface area contributed by atoms with E-state index < -0.39 is 5.97 Å². The number of thiophene rings is 1. The summed E-state index contributed by atoms with van der Waals surface area (Å²) in [6.45, 7) is 0. The van der Waals surface area contributed by atoms with Crippen molar-refractivity contribution in [3.63, 3.8) is 0 Å². The van der Waals surface area contributed by atoms with Gasteiger partial charge in [-0.2, -0.15) is 0 Å². The number of ether oxygens (including phenoxy) is 2. The monoisotopic (exact) mass is 282 g/mol. The van der Waals surface area contributed by atoms with Gasteiger partial charge >= 0.3 is 5.97 Å². The third-order valence-electron chi connectivity index (χ3n) is 2.43. The SMILES string of the molecule is COC(=O)c1sc(-c2ccccc2Cl)cc1OC. The molecule has 94 valence electrons. The van der Waals surface area contributed by atoms with Crippen molar-refractivity contribution in [2.75, 3.05) is 14.2 Å². The number of carbonyl (C=O) groups is 1. The predicted octanol–water partition coefficient (Wildman–Crippen LogP) is 3.86. The summed E-state index contributed by atoms with van der Waals surface area (Å²) in [5, 5.41) is 0.637. The van der Waals surface area contributed by atoms with E-state index in [1.807, 2.05) is 18.2 Å². The Hall–Kier alpha value is -1.52. The summed E-state index contributed by atoms with van der Waals surface area (Å²) in [4.78, 5) is 12.9. The fourth-order valence-corrected chi connectivity index (χ4v) is 2.93. The molecule has 3 nitrogen and oxygen atoms in total. The van der Waals surface area contributed by atoms with E-state index in [0.717, 1.165) is 10.4 Å². The zero-order valence-corrected chi connectivity index (χ0v) is 11.5. The molecule has 0 aliphatic rings. The van der Waals surface area contributed by atoms with Gasteiger partial charge in [0.1, 0.15) is 5.75 Å². The first-order chi connectivity index (χ1) is 8.67. The normalized spacial score (nSPS) is 10.2. The van der Waals surface area contributed by atoms with Crippen molar-refractivity contribution in [2.24, 2.45) is 0 Å². The number of esters is 1. The molecule has 0 fully saturated rings. The fourth-order valence-electron chi connectivity index (χ4n) is 1.55. The highest BCUT2D eigenvalue weighted by atomic mass is 35.5. The van der Waals surface area contributed by atoms with Gasteiger partial charge < -0.3 is 9.47 Å². The Morgan fingerprint density at radius 3 is 2.61 bits per heavy atom. The van der Waals surface area contributed by atoms with Crippen molar-refractivity contribution in [2.45, 2.75) is 0 Å². The maximum absolute atomic E-state index is 11.6. The Morgan fingerprint density at radius 2 is 2.00 bits per heavy atom. The van der Waals surface area contributed by atoms with Gasteiger partial charge in [0.25, 0.3) is 0 Å². The molecule has 0 unspecified atom stereocenters. The summed E-state index contributed by atoms with van der Waals surface area (Å²) in [5.74, 6) is 0.0944. The van der Waals surface area contributed by atoms with Gasteiger partial charge in [-0.15, -0.1) is 11.3 Å². The van der Waals surface area contributed by atoms with E-state index in [9.17, 15) is 4.79 Å². The average Bonchev–Trinajstić information content (AvgIpc) is 2.82. The van der Waals surface area contributed by atoms with E-state index in [4.69, 9.17) is 21.1 Å².